The van der Waals surface area contributed by atoms with Crippen LogP contribution in [0.3, 0.4) is 0 Å². The molecule has 0 amide bonds. The first-order chi connectivity index (χ1) is 12.5. The molecule has 0 fully saturated rings. The Morgan fingerprint density at radius 2 is 1.43 bits per heavy atom. The number of aliphatic carboxylic acids is 1. The van der Waals surface area contributed by atoms with E-state index in [1.54, 1.807) is 6.92 Å². The highest BCUT2D eigenvalue weighted by Crippen LogP contribution is 2.41. The zero-order chi connectivity index (χ0) is 22.1. The van der Waals surface area contributed by atoms with Crippen molar-refractivity contribution in [1.29, 1.82) is 0 Å². The summed E-state index contributed by atoms with van der Waals surface area (Å²) in [5.41, 5.74) is -0.215. The minimum Gasteiger partial charge on any atom is -0.507 e. The van der Waals surface area contributed by atoms with Crippen molar-refractivity contribution < 1.29 is 24.5 Å². The molecule has 2 N–H and O–H groups in total. The normalized spacial score (nSPS) is 15.6. The topological polar surface area (TPSA) is 83.8 Å². The van der Waals surface area contributed by atoms with Crippen LogP contribution in [0, 0.1) is 5.41 Å². The van der Waals surface area contributed by atoms with Crippen LogP contribution in [-0.4, -0.2) is 28.3 Å². The predicted molar refractivity (Wildman–Crippen MR) is 111 cm³/mol. The van der Waals surface area contributed by atoms with Gasteiger partial charge in [0.2, 0.25) is 0 Å². The Balaban J connectivity index is 3.53. The molecule has 0 aliphatic rings. The fourth-order valence-electron chi connectivity index (χ4n) is 2.98. The molecular formula is C23H36O5. The second kappa shape index (κ2) is 8.14. The van der Waals surface area contributed by atoms with Gasteiger partial charge >= 0.3 is 11.9 Å². The summed E-state index contributed by atoms with van der Waals surface area (Å²) in [5, 5.41) is 20.7. The molecule has 5 heteroatoms. The van der Waals surface area contributed by atoms with Gasteiger partial charge in [-0.05, 0) is 54.2 Å². The molecule has 5 nitrogen and oxygen atoms in total. The number of esters is 1. The summed E-state index contributed by atoms with van der Waals surface area (Å²) in [5.74, 6) is -1.73. The molecule has 0 aliphatic carbocycles. The molecule has 2 unspecified atom stereocenters. The van der Waals surface area contributed by atoms with Crippen molar-refractivity contribution in [3.8, 4) is 5.75 Å². The number of hydrogen-bond donors (Lipinski definition) is 2. The van der Waals surface area contributed by atoms with E-state index in [9.17, 15) is 19.8 Å². The number of phenols is 1. The standard InChI is InChI=1S/C23H36O5/c1-10-14(2)28-20(27)23(9,19(25)26)13-15-11-16(21(3,4)5)18(24)17(12-15)22(6,7)8/h11-12,14,24H,10,13H2,1-9H3,(H,25,26). The summed E-state index contributed by atoms with van der Waals surface area (Å²) in [6.07, 6.45) is 0.258. The first kappa shape index (κ1) is 24.0. The number of benzene rings is 1. The molecule has 1 aromatic rings. The SMILES string of the molecule is CCC(C)OC(=O)C(C)(Cc1cc(C(C)(C)C)c(O)c(C(C)(C)C)c1)C(=O)O. The van der Waals surface area contributed by atoms with Gasteiger partial charge in [0.05, 0.1) is 6.10 Å². The van der Waals surface area contributed by atoms with Crippen LogP contribution in [0.5, 0.6) is 5.75 Å². The van der Waals surface area contributed by atoms with E-state index >= 15 is 0 Å². The smallest absolute Gasteiger partial charge is 0.323 e. The van der Waals surface area contributed by atoms with Crippen molar-refractivity contribution in [3.63, 3.8) is 0 Å². The van der Waals surface area contributed by atoms with Crippen molar-refractivity contribution in [3.05, 3.63) is 28.8 Å². The second-order valence-corrected chi connectivity index (χ2v) is 9.98. The van der Waals surface area contributed by atoms with Crippen LogP contribution in [0.4, 0.5) is 0 Å². The van der Waals surface area contributed by atoms with E-state index in [2.05, 4.69) is 0 Å². The largest absolute Gasteiger partial charge is 0.507 e. The molecule has 158 valence electrons. The van der Waals surface area contributed by atoms with Gasteiger partial charge in [-0.1, -0.05) is 60.6 Å². The molecule has 0 aliphatic heterocycles. The third kappa shape index (κ3) is 5.27. The number of phenolic OH excluding ortho intramolecular Hbond substituents is 1. The highest BCUT2D eigenvalue weighted by molar-refractivity contribution is 5.99. The van der Waals surface area contributed by atoms with Crippen LogP contribution in [-0.2, 0) is 31.6 Å². The Morgan fingerprint density at radius 1 is 1.00 bits per heavy atom. The average Bonchev–Trinajstić information content (AvgIpc) is 2.53. The summed E-state index contributed by atoms with van der Waals surface area (Å²) >= 11 is 0. The van der Waals surface area contributed by atoms with Crippen LogP contribution in [0.2, 0.25) is 0 Å². The van der Waals surface area contributed by atoms with Crippen molar-refractivity contribution >= 4 is 11.9 Å². The highest BCUT2D eigenvalue weighted by Gasteiger charge is 2.44. The van der Waals surface area contributed by atoms with E-state index in [-0.39, 0.29) is 29.1 Å². The van der Waals surface area contributed by atoms with E-state index in [1.165, 1.54) is 6.92 Å². The Kier molecular flexibility index (Phi) is 6.98. The number of carbonyl (C=O) groups excluding carboxylic acids is 1. The predicted octanol–water partition coefficient (Wildman–Crippen LogP) is 4.96. The number of carboxylic acid groups (broad SMARTS) is 1. The van der Waals surface area contributed by atoms with Crippen LogP contribution < -0.4 is 0 Å². The number of carboxylic acids is 1. The van der Waals surface area contributed by atoms with Gasteiger partial charge < -0.3 is 14.9 Å². The van der Waals surface area contributed by atoms with E-state index in [0.717, 1.165) is 11.1 Å². The van der Waals surface area contributed by atoms with Gasteiger partial charge in [0.1, 0.15) is 5.75 Å². The molecule has 1 rings (SSSR count). The zero-order valence-electron chi connectivity index (χ0n) is 18.8. The maximum absolute atomic E-state index is 12.7. The molecule has 0 bridgehead atoms. The molecule has 1 aromatic carbocycles. The monoisotopic (exact) mass is 392 g/mol. The second-order valence-electron chi connectivity index (χ2n) is 9.98. The molecule has 0 saturated heterocycles. The number of ether oxygens (including phenoxy) is 1. The zero-order valence-corrected chi connectivity index (χ0v) is 18.8. The molecule has 2 atom stereocenters. The Hall–Kier alpha value is -2.04. The van der Waals surface area contributed by atoms with E-state index in [1.807, 2.05) is 60.6 Å². The first-order valence-corrected chi connectivity index (χ1v) is 9.85. The molecule has 0 radical (unpaired) electrons. The maximum atomic E-state index is 12.7. The third-order valence-corrected chi connectivity index (χ3v) is 5.15. The summed E-state index contributed by atoms with van der Waals surface area (Å²) in [7, 11) is 0. The van der Waals surface area contributed by atoms with Crippen molar-refractivity contribution in [2.75, 3.05) is 0 Å². The lowest BCUT2D eigenvalue weighted by Crippen LogP contribution is -2.41. The molecular weight excluding hydrogens is 356 g/mol. The van der Waals surface area contributed by atoms with E-state index in [4.69, 9.17) is 4.74 Å². The lowest BCUT2D eigenvalue weighted by molar-refractivity contribution is -0.170. The van der Waals surface area contributed by atoms with Crippen molar-refractivity contribution in [2.45, 2.75) is 92.1 Å². The lowest BCUT2D eigenvalue weighted by atomic mass is 9.76. The molecule has 28 heavy (non-hydrogen) atoms. The third-order valence-electron chi connectivity index (χ3n) is 5.15. The van der Waals surface area contributed by atoms with Crippen LogP contribution in [0.1, 0.15) is 85.4 Å². The van der Waals surface area contributed by atoms with Crippen LogP contribution in [0.15, 0.2) is 12.1 Å². The quantitative estimate of drug-likeness (QED) is 0.528. The van der Waals surface area contributed by atoms with Crippen LogP contribution in [0.25, 0.3) is 0 Å². The maximum Gasteiger partial charge on any atom is 0.323 e. The lowest BCUT2D eigenvalue weighted by Gasteiger charge is -2.30. The fourth-order valence-corrected chi connectivity index (χ4v) is 2.98. The fraction of sp³-hybridized carbons (Fsp3) is 0.652. The molecule has 0 saturated carbocycles. The van der Waals surface area contributed by atoms with E-state index in [0.29, 0.717) is 12.0 Å². The van der Waals surface area contributed by atoms with Gasteiger partial charge in [0, 0.05) is 0 Å². The Labute approximate surface area is 169 Å². The number of aromatic hydroxyl groups is 1. The van der Waals surface area contributed by atoms with Crippen molar-refractivity contribution in [2.24, 2.45) is 5.41 Å². The van der Waals surface area contributed by atoms with Gasteiger partial charge in [0.15, 0.2) is 5.41 Å². The van der Waals surface area contributed by atoms with Crippen molar-refractivity contribution in [1.82, 2.24) is 0 Å². The summed E-state index contributed by atoms with van der Waals surface area (Å²) < 4.78 is 5.35. The minimum atomic E-state index is -1.70. The molecule has 0 spiro atoms. The average molecular weight is 393 g/mol. The van der Waals surface area contributed by atoms with Gasteiger partial charge in [-0.3, -0.25) is 9.59 Å². The number of rotatable bonds is 6. The number of hydrogen-bond acceptors (Lipinski definition) is 4. The highest BCUT2D eigenvalue weighted by atomic mass is 16.5. The van der Waals surface area contributed by atoms with E-state index < -0.39 is 17.4 Å². The first-order valence-electron chi connectivity index (χ1n) is 9.85. The minimum absolute atomic E-state index is 0.00988. The van der Waals surface area contributed by atoms with Gasteiger partial charge in [-0.15, -0.1) is 0 Å². The molecule has 0 aromatic heterocycles. The summed E-state index contributed by atoms with van der Waals surface area (Å²) in [4.78, 5) is 24.7. The Morgan fingerprint density at radius 3 is 1.75 bits per heavy atom. The Bertz CT molecular complexity index is 701. The number of carbonyl (C=O) groups is 2. The van der Waals surface area contributed by atoms with Gasteiger partial charge in [-0.2, -0.15) is 0 Å². The van der Waals surface area contributed by atoms with Gasteiger partial charge in [-0.25, -0.2) is 0 Å². The van der Waals surface area contributed by atoms with Gasteiger partial charge in [0.25, 0.3) is 0 Å². The molecule has 0 heterocycles. The van der Waals surface area contributed by atoms with Crippen LogP contribution >= 0.6 is 0 Å². The summed E-state index contributed by atoms with van der Waals surface area (Å²) in [6, 6.07) is 3.62. The summed E-state index contributed by atoms with van der Waals surface area (Å²) in [6.45, 7) is 17.0.